The Bertz CT molecular complexity index is 946. The molecule has 4 heterocycles. The molecular weight excluding hydrogens is 601 g/mol. The highest BCUT2D eigenvalue weighted by Gasteiger charge is 2.18. The van der Waals surface area contributed by atoms with Crippen molar-refractivity contribution < 1.29 is 28.7 Å². The molecular formula is C32H52N4O6S2. The molecule has 0 saturated heterocycles. The van der Waals surface area contributed by atoms with Crippen LogP contribution < -0.4 is 0 Å². The van der Waals surface area contributed by atoms with Crippen molar-refractivity contribution in [2.24, 2.45) is 0 Å². The first-order chi connectivity index (χ1) is 20.9. The van der Waals surface area contributed by atoms with Gasteiger partial charge in [0.2, 0.25) is 11.8 Å². The highest BCUT2D eigenvalue weighted by molar-refractivity contribution is 8.02. The Balaban J connectivity index is 0.000000293. The van der Waals surface area contributed by atoms with Crippen molar-refractivity contribution in [3.8, 4) is 0 Å². The third kappa shape index (κ3) is 15.3. The van der Waals surface area contributed by atoms with Gasteiger partial charge in [-0.1, -0.05) is 12.2 Å². The van der Waals surface area contributed by atoms with E-state index in [9.17, 15) is 19.2 Å². The van der Waals surface area contributed by atoms with E-state index in [1.807, 2.05) is 96.2 Å². The summed E-state index contributed by atoms with van der Waals surface area (Å²) >= 11 is 3.24. The molecule has 0 aliphatic carbocycles. The van der Waals surface area contributed by atoms with Gasteiger partial charge < -0.3 is 29.1 Å². The van der Waals surface area contributed by atoms with Crippen LogP contribution in [0.4, 0.5) is 0 Å². The van der Waals surface area contributed by atoms with E-state index in [4.69, 9.17) is 9.47 Å². The first-order valence-corrected chi connectivity index (χ1v) is 17.3. The molecule has 4 rings (SSSR count). The molecule has 0 unspecified atom stereocenters. The largest absolute Gasteiger partial charge is 0.492 e. The fourth-order valence-electron chi connectivity index (χ4n) is 4.03. The summed E-state index contributed by atoms with van der Waals surface area (Å²) in [5.74, 6) is 2.72. The normalized spacial score (nSPS) is 19.0. The minimum absolute atomic E-state index is 0.0359. The molecule has 12 heteroatoms. The summed E-state index contributed by atoms with van der Waals surface area (Å²) in [7, 11) is 0. The molecule has 0 aromatic heterocycles. The van der Waals surface area contributed by atoms with Gasteiger partial charge in [-0.25, -0.2) is 0 Å². The first kappa shape index (κ1) is 39.3. The van der Waals surface area contributed by atoms with Gasteiger partial charge in [-0.05, 0) is 72.9 Å². The van der Waals surface area contributed by atoms with Gasteiger partial charge in [0.05, 0.1) is 24.4 Å². The molecule has 248 valence electrons. The summed E-state index contributed by atoms with van der Waals surface area (Å²) in [4.78, 5) is 52.2. The monoisotopic (exact) mass is 652 g/mol. The van der Waals surface area contributed by atoms with E-state index in [1.165, 1.54) is 0 Å². The summed E-state index contributed by atoms with van der Waals surface area (Å²) in [5.41, 5.74) is 0. The van der Waals surface area contributed by atoms with Gasteiger partial charge >= 0.3 is 0 Å². The molecule has 0 aromatic carbocycles. The zero-order chi connectivity index (χ0) is 33.1. The van der Waals surface area contributed by atoms with Crippen LogP contribution >= 0.6 is 23.5 Å². The zero-order valence-electron chi connectivity index (χ0n) is 27.6. The summed E-state index contributed by atoms with van der Waals surface area (Å²) in [6.45, 7) is 18.4. The second-order valence-electron chi connectivity index (χ2n) is 11.2. The van der Waals surface area contributed by atoms with Crippen molar-refractivity contribution in [3.05, 3.63) is 48.4 Å². The van der Waals surface area contributed by atoms with E-state index >= 15 is 0 Å². The molecule has 0 fully saturated rings. The van der Waals surface area contributed by atoms with Crippen LogP contribution in [0.25, 0.3) is 0 Å². The molecule has 0 atom stereocenters. The van der Waals surface area contributed by atoms with Crippen molar-refractivity contribution in [3.63, 3.8) is 0 Å². The lowest BCUT2D eigenvalue weighted by molar-refractivity contribution is -0.135. The Morgan fingerprint density at radius 3 is 1.86 bits per heavy atom. The Hall–Kier alpha value is -2.70. The van der Waals surface area contributed by atoms with Crippen molar-refractivity contribution in [2.75, 3.05) is 50.2 Å². The molecule has 4 aliphatic heterocycles. The number of hydrogen-bond donors (Lipinski definition) is 0. The van der Waals surface area contributed by atoms with Crippen molar-refractivity contribution in [1.29, 1.82) is 0 Å². The molecule has 0 radical (unpaired) electrons. The summed E-state index contributed by atoms with van der Waals surface area (Å²) in [5, 5.41) is 2.00. The van der Waals surface area contributed by atoms with Crippen LogP contribution in [0.5, 0.6) is 0 Å². The average Bonchev–Trinajstić information content (AvgIpc) is 3.49. The van der Waals surface area contributed by atoms with Crippen LogP contribution in [-0.2, 0) is 28.7 Å². The number of ether oxygens (including phenoxy) is 2. The molecule has 10 nitrogen and oxygen atoms in total. The van der Waals surface area contributed by atoms with Crippen LogP contribution in [0.3, 0.4) is 0 Å². The molecule has 44 heavy (non-hydrogen) atoms. The van der Waals surface area contributed by atoms with Crippen LogP contribution in [0.1, 0.15) is 55.4 Å². The van der Waals surface area contributed by atoms with Gasteiger partial charge in [0.15, 0.2) is 6.61 Å². The SMILES string of the molecule is CC(C)N1C=CCOCC1=O.CC(C)N1C=CCSCC1=O.CC(C)N1CC=COCC1=O.CC(C)N1CC=CSCC1=O. The third-order valence-electron chi connectivity index (χ3n) is 6.39. The van der Waals surface area contributed by atoms with Gasteiger partial charge in [-0.3, -0.25) is 19.2 Å². The van der Waals surface area contributed by atoms with Crippen molar-refractivity contribution in [2.45, 2.75) is 79.6 Å². The molecule has 0 aromatic rings. The molecule has 4 aliphatic rings. The number of nitrogens with zero attached hydrogens (tertiary/aromatic N) is 4. The maximum Gasteiger partial charge on any atom is 0.260 e. The second-order valence-corrected chi connectivity index (χ2v) is 13.2. The highest BCUT2D eigenvalue weighted by atomic mass is 32.2. The molecule has 0 saturated carbocycles. The Morgan fingerprint density at radius 1 is 0.636 bits per heavy atom. The van der Waals surface area contributed by atoms with E-state index in [2.05, 4.69) is 0 Å². The maximum absolute atomic E-state index is 11.3. The lowest BCUT2D eigenvalue weighted by atomic mass is 10.3. The standard InChI is InChI=1S/2C8H13NO2.2C8H13NOS/c4*1-7(2)9-4-3-5-11-6-8(9)10/h3,5,7H,4,6H2,1-2H3;3-4,7H,5-6H2,1-2H3;3,5,7H,4,6H2,1-2H3;3-4,7H,5-6H2,1-2H3. The Morgan fingerprint density at radius 2 is 1.23 bits per heavy atom. The second kappa shape index (κ2) is 21.9. The lowest BCUT2D eigenvalue weighted by Crippen LogP contribution is -2.38. The lowest BCUT2D eigenvalue weighted by Gasteiger charge is -2.23. The number of carbonyl (C=O) groups is 4. The quantitative estimate of drug-likeness (QED) is 0.438. The number of rotatable bonds is 4. The van der Waals surface area contributed by atoms with Crippen molar-refractivity contribution >= 4 is 47.2 Å². The number of hydrogen-bond acceptors (Lipinski definition) is 8. The van der Waals surface area contributed by atoms with Crippen molar-refractivity contribution in [1.82, 2.24) is 19.6 Å². The summed E-state index contributed by atoms with van der Waals surface area (Å²) in [6.07, 6.45) is 13.0. The van der Waals surface area contributed by atoms with Crippen LogP contribution in [0, 0.1) is 0 Å². The average molecular weight is 653 g/mol. The number of carbonyl (C=O) groups excluding carboxylic acids is 4. The van der Waals surface area contributed by atoms with E-state index in [-0.39, 0.29) is 55.0 Å². The number of thioether (sulfide) groups is 2. The number of amides is 4. The van der Waals surface area contributed by atoms with Gasteiger partial charge in [-0.2, -0.15) is 0 Å². The van der Waals surface area contributed by atoms with E-state index in [0.717, 1.165) is 12.3 Å². The summed E-state index contributed by atoms with van der Waals surface area (Å²) < 4.78 is 9.92. The van der Waals surface area contributed by atoms with Gasteiger partial charge in [0.1, 0.15) is 6.61 Å². The van der Waals surface area contributed by atoms with E-state index in [0.29, 0.717) is 30.7 Å². The smallest absolute Gasteiger partial charge is 0.260 e. The van der Waals surface area contributed by atoms with E-state index in [1.54, 1.807) is 50.7 Å². The fraction of sp³-hybridized carbons (Fsp3) is 0.625. The Kier molecular flexibility index (Phi) is 19.6. The van der Waals surface area contributed by atoms with Crippen LogP contribution in [0.15, 0.2) is 48.4 Å². The molecule has 0 bridgehead atoms. The zero-order valence-corrected chi connectivity index (χ0v) is 29.3. The Labute approximate surface area is 272 Å². The minimum atomic E-state index is 0.0359. The minimum Gasteiger partial charge on any atom is -0.492 e. The first-order valence-electron chi connectivity index (χ1n) is 15.1. The fourth-order valence-corrected chi connectivity index (χ4v) is 5.32. The van der Waals surface area contributed by atoms with Crippen LogP contribution in [-0.4, -0.2) is 118 Å². The maximum atomic E-state index is 11.3. The topological polar surface area (TPSA) is 99.7 Å². The third-order valence-corrected chi connectivity index (χ3v) is 8.07. The predicted octanol–water partition coefficient (Wildman–Crippen LogP) is 4.50. The van der Waals surface area contributed by atoms with E-state index < -0.39 is 0 Å². The van der Waals surface area contributed by atoms with Gasteiger partial charge in [-0.15, -0.1) is 23.5 Å². The predicted molar refractivity (Wildman–Crippen MR) is 181 cm³/mol. The molecule has 4 amide bonds. The highest BCUT2D eigenvalue weighted by Crippen LogP contribution is 2.12. The molecule has 0 spiro atoms. The van der Waals surface area contributed by atoms with Gasteiger partial charge in [0, 0.05) is 55.4 Å². The van der Waals surface area contributed by atoms with Crippen LogP contribution in [0.2, 0.25) is 0 Å². The van der Waals surface area contributed by atoms with Gasteiger partial charge in [0.25, 0.3) is 11.8 Å². The summed E-state index contributed by atoms with van der Waals surface area (Å²) in [6, 6.07) is 1.09. The molecule has 0 N–H and O–H groups in total.